The number of fused-ring (bicyclic) bond motifs is 1. The predicted molar refractivity (Wildman–Crippen MR) is 51.8 cm³/mol. The number of nitriles is 1. The van der Waals surface area contributed by atoms with Crippen molar-refractivity contribution in [3.63, 3.8) is 0 Å². The summed E-state index contributed by atoms with van der Waals surface area (Å²) < 4.78 is 1.85. The van der Waals surface area contributed by atoms with Gasteiger partial charge in [-0.25, -0.2) is 9.97 Å². The van der Waals surface area contributed by atoms with Crippen LogP contribution in [0.4, 0.5) is 0 Å². The Balaban J connectivity index is 2.57. The van der Waals surface area contributed by atoms with Gasteiger partial charge in [-0.1, -0.05) is 0 Å². The van der Waals surface area contributed by atoms with Crippen molar-refractivity contribution in [1.82, 2.24) is 14.4 Å². The lowest BCUT2D eigenvalue weighted by Crippen LogP contribution is -1.95. The average Bonchev–Trinajstić information content (AvgIpc) is 2.55. The third-order valence-corrected chi connectivity index (χ3v) is 2.14. The molecule has 0 bridgehead atoms. The minimum atomic E-state index is -0.130. The van der Waals surface area contributed by atoms with E-state index < -0.39 is 0 Å². The number of nitrogens with zero attached hydrogens (tertiary/aromatic N) is 4. The van der Waals surface area contributed by atoms with Gasteiger partial charge in [0.2, 0.25) is 5.78 Å². The first-order valence-corrected chi connectivity index (χ1v) is 4.41. The Kier molecular flexibility index (Phi) is 1.93. The SMILES string of the molecule is Cc1cn2cc(C(C)C#N)cnc2n1. The standard InChI is InChI=1S/C10H10N4/c1-7(3-11)9-4-12-10-13-8(2)5-14(10)6-9/h4-7H,1-2H3. The number of imidazole rings is 1. The van der Waals surface area contributed by atoms with Gasteiger partial charge in [0, 0.05) is 24.2 Å². The molecule has 0 aliphatic heterocycles. The highest BCUT2D eigenvalue weighted by Crippen LogP contribution is 2.13. The molecule has 0 radical (unpaired) electrons. The molecule has 2 rings (SSSR count). The van der Waals surface area contributed by atoms with Crippen molar-refractivity contribution in [3.05, 3.63) is 29.8 Å². The van der Waals surface area contributed by atoms with Crippen LogP contribution >= 0.6 is 0 Å². The molecule has 2 aromatic rings. The van der Waals surface area contributed by atoms with Gasteiger partial charge < -0.3 is 0 Å². The molecule has 0 saturated carbocycles. The van der Waals surface area contributed by atoms with E-state index in [1.807, 2.05) is 30.6 Å². The van der Waals surface area contributed by atoms with Gasteiger partial charge in [0.15, 0.2) is 0 Å². The van der Waals surface area contributed by atoms with Crippen molar-refractivity contribution in [3.8, 4) is 6.07 Å². The van der Waals surface area contributed by atoms with Gasteiger partial charge in [0.25, 0.3) is 0 Å². The van der Waals surface area contributed by atoms with Crippen molar-refractivity contribution >= 4 is 5.78 Å². The molecule has 0 aromatic carbocycles. The van der Waals surface area contributed by atoms with E-state index >= 15 is 0 Å². The topological polar surface area (TPSA) is 54.0 Å². The Bertz CT molecular complexity index is 506. The third-order valence-electron chi connectivity index (χ3n) is 2.14. The Morgan fingerprint density at radius 2 is 2.29 bits per heavy atom. The van der Waals surface area contributed by atoms with Crippen LogP contribution in [0.3, 0.4) is 0 Å². The highest BCUT2D eigenvalue weighted by atomic mass is 15.1. The van der Waals surface area contributed by atoms with Crippen molar-refractivity contribution in [2.45, 2.75) is 19.8 Å². The van der Waals surface area contributed by atoms with Crippen LogP contribution in [0.25, 0.3) is 5.78 Å². The molecular formula is C10H10N4. The Morgan fingerprint density at radius 3 is 3.00 bits per heavy atom. The fourth-order valence-corrected chi connectivity index (χ4v) is 1.32. The molecule has 0 aliphatic carbocycles. The Labute approximate surface area is 81.8 Å². The average molecular weight is 186 g/mol. The fraction of sp³-hybridized carbons (Fsp3) is 0.300. The summed E-state index contributed by atoms with van der Waals surface area (Å²) in [6.45, 7) is 3.77. The number of rotatable bonds is 1. The molecule has 0 spiro atoms. The fourth-order valence-electron chi connectivity index (χ4n) is 1.32. The molecule has 4 heteroatoms. The predicted octanol–water partition coefficient (Wildman–Crippen LogP) is 1.66. The van der Waals surface area contributed by atoms with Gasteiger partial charge >= 0.3 is 0 Å². The van der Waals surface area contributed by atoms with Crippen LogP contribution in [-0.4, -0.2) is 14.4 Å². The van der Waals surface area contributed by atoms with Crippen LogP contribution in [0.2, 0.25) is 0 Å². The zero-order valence-electron chi connectivity index (χ0n) is 8.10. The van der Waals surface area contributed by atoms with E-state index in [1.165, 1.54) is 0 Å². The zero-order chi connectivity index (χ0) is 10.1. The summed E-state index contributed by atoms with van der Waals surface area (Å²) in [5.41, 5.74) is 1.84. The lowest BCUT2D eigenvalue weighted by atomic mass is 10.1. The van der Waals surface area contributed by atoms with E-state index in [0.29, 0.717) is 5.78 Å². The van der Waals surface area contributed by atoms with E-state index in [1.54, 1.807) is 6.20 Å². The number of aromatic nitrogens is 3. The van der Waals surface area contributed by atoms with Gasteiger partial charge in [0.05, 0.1) is 17.7 Å². The molecule has 70 valence electrons. The van der Waals surface area contributed by atoms with Crippen LogP contribution < -0.4 is 0 Å². The van der Waals surface area contributed by atoms with Crippen LogP contribution in [0.1, 0.15) is 24.1 Å². The maximum absolute atomic E-state index is 8.76. The molecule has 0 saturated heterocycles. The van der Waals surface area contributed by atoms with E-state index in [0.717, 1.165) is 11.3 Å². The first-order valence-electron chi connectivity index (χ1n) is 4.41. The molecule has 14 heavy (non-hydrogen) atoms. The third kappa shape index (κ3) is 1.33. The summed E-state index contributed by atoms with van der Waals surface area (Å²) in [6, 6.07) is 2.18. The number of hydrogen-bond acceptors (Lipinski definition) is 3. The van der Waals surface area contributed by atoms with Crippen molar-refractivity contribution in [1.29, 1.82) is 5.26 Å². The molecular weight excluding hydrogens is 176 g/mol. The van der Waals surface area contributed by atoms with Crippen LogP contribution in [0.5, 0.6) is 0 Å². The van der Waals surface area contributed by atoms with Gasteiger partial charge in [-0.05, 0) is 13.8 Å². The maximum Gasteiger partial charge on any atom is 0.233 e. The summed E-state index contributed by atoms with van der Waals surface area (Å²) in [7, 11) is 0. The first-order chi connectivity index (χ1) is 6.70. The van der Waals surface area contributed by atoms with Crippen LogP contribution in [0, 0.1) is 18.3 Å². The molecule has 2 heterocycles. The van der Waals surface area contributed by atoms with Crippen LogP contribution in [0.15, 0.2) is 18.6 Å². The Morgan fingerprint density at radius 1 is 1.50 bits per heavy atom. The number of hydrogen-bond donors (Lipinski definition) is 0. The maximum atomic E-state index is 8.76. The highest BCUT2D eigenvalue weighted by molar-refractivity contribution is 5.33. The lowest BCUT2D eigenvalue weighted by molar-refractivity contribution is 0.933. The zero-order valence-corrected chi connectivity index (χ0v) is 8.10. The van der Waals surface area contributed by atoms with Gasteiger partial charge in [-0.15, -0.1) is 0 Å². The lowest BCUT2D eigenvalue weighted by Gasteiger charge is -2.01. The molecule has 4 nitrogen and oxygen atoms in total. The van der Waals surface area contributed by atoms with Gasteiger partial charge in [-0.2, -0.15) is 5.26 Å². The minimum absolute atomic E-state index is 0.130. The molecule has 2 aromatic heterocycles. The van der Waals surface area contributed by atoms with E-state index in [9.17, 15) is 0 Å². The second kappa shape index (κ2) is 3.11. The molecule has 1 atom stereocenters. The summed E-state index contributed by atoms with van der Waals surface area (Å²) >= 11 is 0. The van der Waals surface area contributed by atoms with E-state index in [2.05, 4.69) is 16.0 Å². The smallest absolute Gasteiger partial charge is 0.233 e. The summed E-state index contributed by atoms with van der Waals surface area (Å²) in [5, 5.41) is 8.76. The first kappa shape index (κ1) is 8.70. The number of aryl methyl sites for hydroxylation is 1. The molecule has 0 N–H and O–H groups in total. The van der Waals surface area contributed by atoms with E-state index in [4.69, 9.17) is 5.26 Å². The normalized spacial score (nSPS) is 12.6. The van der Waals surface area contributed by atoms with E-state index in [-0.39, 0.29) is 5.92 Å². The Hall–Kier alpha value is -1.89. The quantitative estimate of drug-likeness (QED) is 0.680. The summed E-state index contributed by atoms with van der Waals surface area (Å²) in [5.74, 6) is 0.547. The van der Waals surface area contributed by atoms with Crippen LogP contribution in [-0.2, 0) is 0 Å². The second-order valence-electron chi connectivity index (χ2n) is 3.33. The van der Waals surface area contributed by atoms with Crippen molar-refractivity contribution < 1.29 is 0 Å². The summed E-state index contributed by atoms with van der Waals surface area (Å²) in [6.07, 6.45) is 5.50. The van der Waals surface area contributed by atoms with Gasteiger partial charge in [-0.3, -0.25) is 4.40 Å². The molecule has 0 aliphatic rings. The second-order valence-corrected chi connectivity index (χ2v) is 3.33. The van der Waals surface area contributed by atoms with Gasteiger partial charge in [0.1, 0.15) is 0 Å². The highest BCUT2D eigenvalue weighted by Gasteiger charge is 2.06. The minimum Gasteiger partial charge on any atom is -0.291 e. The summed E-state index contributed by atoms with van der Waals surface area (Å²) in [4.78, 5) is 8.38. The molecule has 1 unspecified atom stereocenters. The molecule has 0 amide bonds. The molecule has 0 fully saturated rings. The largest absolute Gasteiger partial charge is 0.291 e. The van der Waals surface area contributed by atoms with Crippen molar-refractivity contribution in [2.24, 2.45) is 0 Å². The van der Waals surface area contributed by atoms with Crippen molar-refractivity contribution in [2.75, 3.05) is 0 Å². The monoisotopic (exact) mass is 186 g/mol.